The molecule has 12 heteroatoms. The topological polar surface area (TPSA) is 90.5 Å². The first kappa shape index (κ1) is 19.3. The first-order valence-corrected chi connectivity index (χ1v) is 7.88. The molecule has 0 saturated heterocycles. The zero-order valence-electron chi connectivity index (χ0n) is 14.3. The van der Waals surface area contributed by atoms with Crippen molar-refractivity contribution in [3.63, 3.8) is 0 Å². The average molecular weight is 399 g/mol. The van der Waals surface area contributed by atoms with Crippen LogP contribution in [0.2, 0.25) is 0 Å². The second-order valence-corrected chi connectivity index (χ2v) is 5.79. The number of ether oxygens (including phenoxy) is 1. The number of fused-ring (bicyclic) bond motifs is 1. The fourth-order valence-electron chi connectivity index (χ4n) is 2.45. The fraction of sp³-hybridized carbons (Fsp3) is 0.250. The predicted molar refractivity (Wildman–Crippen MR) is 86.9 cm³/mol. The molecule has 8 nitrogen and oxygen atoms in total. The van der Waals surface area contributed by atoms with Crippen LogP contribution in [0.4, 0.5) is 17.6 Å². The SMILES string of the molecule is C[C@H](NC(=O)Cn1nc2ncc(F)cn2c1=O)c1ccc(OC(F)(F)F)cc1. The highest BCUT2D eigenvalue weighted by molar-refractivity contribution is 5.76. The van der Waals surface area contributed by atoms with Crippen LogP contribution in [0.3, 0.4) is 0 Å². The summed E-state index contributed by atoms with van der Waals surface area (Å²) in [5, 5.41) is 6.41. The first-order valence-electron chi connectivity index (χ1n) is 7.88. The van der Waals surface area contributed by atoms with E-state index in [9.17, 15) is 27.2 Å². The lowest BCUT2D eigenvalue weighted by Gasteiger charge is -2.15. The Labute approximate surface area is 154 Å². The van der Waals surface area contributed by atoms with E-state index in [-0.39, 0.29) is 11.5 Å². The van der Waals surface area contributed by atoms with E-state index in [2.05, 4.69) is 20.1 Å². The van der Waals surface area contributed by atoms with Crippen molar-refractivity contribution < 1.29 is 27.1 Å². The van der Waals surface area contributed by atoms with Crippen LogP contribution in [0.15, 0.2) is 41.5 Å². The molecule has 0 radical (unpaired) electrons. The molecular weight excluding hydrogens is 386 g/mol. The molecule has 0 spiro atoms. The summed E-state index contributed by atoms with van der Waals surface area (Å²) in [6.07, 6.45) is -3.00. The lowest BCUT2D eigenvalue weighted by atomic mass is 10.1. The Kier molecular flexibility index (Phi) is 5.03. The number of carbonyl (C=O) groups excluding carboxylic acids is 1. The molecule has 0 saturated carbocycles. The second-order valence-electron chi connectivity index (χ2n) is 5.79. The third-order valence-corrected chi connectivity index (χ3v) is 3.69. The van der Waals surface area contributed by atoms with Crippen molar-refractivity contribution >= 4 is 11.7 Å². The molecule has 3 aromatic rings. The normalized spacial score (nSPS) is 12.8. The number of hydrogen-bond donors (Lipinski definition) is 1. The number of benzene rings is 1. The Morgan fingerprint density at radius 3 is 2.61 bits per heavy atom. The summed E-state index contributed by atoms with van der Waals surface area (Å²) in [6.45, 7) is 1.17. The molecule has 2 aromatic heterocycles. The zero-order chi connectivity index (χ0) is 20.5. The highest BCUT2D eigenvalue weighted by Gasteiger charge is 2.31. The van der Waals surface area contributed by atoms with Gasteiger partial charge in [-0.15, -0.1) is 18.3 Å². The van der Waals surface area contributed by atoms with Gasteiger partial charge in [0.25, 0.3) is 5.78 Å². The second kappa shape index (κ2) is 7.29. The van der Waals surface area contributed by atoms with Gasteiger partial charge in [0.15, 0.2) is 5.82 Å². The van der Waals surface area contributed by atoms with Crippen LogP contribution in [-0.4, -0.2) is 31.4 Å². The van der Waals surface area contributed by atoms with E-state index >= 15 is 0 Å². The summed E-state index contributed by atoms with van der Waals surface area (Å²) < 4.78 is 55.1. The molecule has 0 unspecified atom stereocenters. The van der Waals surface area contributed by atoms with Gasteiger partial charge >= 0.3 is 12.1 Å². The van der Waals surface area contributed by atoms with E-state index in [1.165, 1.54) is 12.1 Å². The zero-order valence-corrected chi connectivity index (χ0v) is 14.3. The molecule has 3 rings (SSSR count). The van der Waals surface area contributed by atoms with E-state index in [0.29, 0.717) is 5.56 Å². The Morgan fingerprint density at radius 2 is 1.96 bits per heavy atom. The fourth-order valence-corrected chi connectivity index (χ4v) is 2.45. The maximum atomic E-state index is 13.2. The Hall–Kier alpha value is -3.44. The number of halogens is 4. The van der Waals surface area contributed by atoms with Gasteiger partial charge in [-0.2, -0.15) is 0 Å². The Bertz CT molecular complexity index is 1060. The molecule has 0 aliphatic carbocycles. The van der Waals surface area contributed by atoms with E-state index in [4.69, 9.17) is 0 Å². The van der Waals surface area contributed by atoms with Gasteiger partial charge in [0.05, 0.1) is 18.4 Å². The lowest BCUT2D eigenvalue weighted by Crippen LogP contribution is -2.34. The van der Waals surface area contributed by atoms with Crippen LogP contribution in [0.1, 0.15) is 18.5 Å². The molecule has 1 aromatic carbocycles. The van der Waals surface area contributed by atoms with Crippen molar-refractivity contribution in [2.45, 2.75) is 25.9 Å². The average Bonchev–Trinajstić information content (AvgIpc) is 2.89. The largest absolute Gasteiger partial charge is 0.573 e. The summed E-state index contributed by atoms with van der Waals surface area (Å²) >= 11 is 0. The number of aromatic nitrogens is 4. The van der Waals surface area contributed by atoms with E-state index < -0.39 is 36.4 Å². The summed E-state index contributed by atoms with van der Waals surface area (Å²) in [4.78, 5) is 27.9. The maximum absolute atomic E-state index is 13.2. The van der Waals surface area contributed by atoms with Crippen molar-refractivity contribution in [3.05, 3.63) is 58.5 Å². The molecule has 0 bridgehead atoms. The van der Waals surface area contributed by atoms with Crippen LogP contribution in [0.5, 0.6) is 5.75 Å². The number of nitrogens with one attached hydrogen (secondary N) is 1. The van der Waals surface area contributed by atoms with Gasteiger partial charge in [0.1, 0.15) is 12.3 Å². The van der Waals surface area contributed by atoms with Gasteiger partial charge in [-0.1, -0.05) is 12.1 Å². The third-order valence-electron chi connectivity index (χ3n) is 3.69. The van der Waals surface area contributed by atoms with Crippen LogP contribution in [0.25, 0.3) is 5.78 Å². The number of carbonyl (C=O) groups is 1. The number of amides is 1. The molecule has 1 atom stereocenters. The van der Waals surface area contributed by atoms with Crippen LogP contribution < -0.4 is 15.7 Å². The molecule has 1 N–H and O–H groups in total. The monoisotopic (exact) mass is 399 g/mol. The van der Waals surface area contributed by atoms with Crippen molar-refractivity contribution in [1.82, 2.24) is 24.5 Å². The standard InChI is InChI=1S/C16H13F4N5O3/c1-9(10-2-4-12(5-3-10)28-16(18,19)20)22-13(26)8-25-15(27)24-7-11(17)6-21-14(24)23-25/h2-7,9H,8H2,1H3,(H,22,26)/t9-/m0/s1. The smallest absolute Gasteiger partial charge is 0.406 e. The van der Waals surface area contributed by atoms with Gasteiger partial charge in [-0.05, 0) is 24.6 Å². The van der Waals surface area contributed by atoms with Crippen LogP contribution in [0, 0.1) is 5.82 Å². The summed E-state index contributed by atoms with van der Waals surface area (Å²) in [5.41, 5.74) is -0.215. The third kappa shape index (κ3) is 4.45. The highest BCUT2D eigenvalue weighted by atomic mass is 19.4. The summed E-state index contributed by atoms with van der Waals surface area (Å²) in [7, 11) is 0. The minimum atomic E-state index is -4.79. The molecule has 28 heavy (non-hydrogen) atoms. The molecule has 0 aliphatic heterocycles. The number of alkyl halides is 3. The Morgan fingerprint density at radius 1 is 1.29 bits per heavy atom. The first-order chi connectivity index (χ1) is 13.1. The summed E-state index contributed by atoms with van der Waals surface area (Å²) in [5.74, 6) is -1.75. The molecule has 148 valence electrons. The molecule has 2 heterocycles. The maximum Gasteiger partial charge on any atom is 0.573 e. The molecule has 0 fully saturated rings. The van der Waals surface area contributed by atoms with Gasteiger partial charge in [0.2, 0.25) is 5.91 Å². The van der Waals surface area contributed by atoms with E-state index in [1.807, 2.05) is 0 Å². The van der Waals surface area contributed by atoms with Crippen LogP contribution >= 0.6 is 0 Å². The predicted octanol–water partition coefficient (Wildman–Crippen LogP) is 1.81. The lowest BCUT2D eigenvalue weighted by molar-refractivity contribution is -0.274. The highest BCUT2D eigenvalue weighted by Crippen LogP contribution is 2.24. The molecule has 0 aliphatic rings. The van der Waals surface area contributed by atoms with Crippen molar-refractivity contribution in [2.24, 2.45) is 0 Å². The van der Waals surface area contributed by atoms with Gasteiger partial charge in [-0.25, -0.2) is 23.3 Å². The van der Waals surface area contributed by atoms with E-state index in [0.717, 1.165) is 33.6 Å². The van der Waals surface area contributed by atoms with Gasteiger partial charge < -0.3 is 10.1 Å². The van der Waals surface area contributed by atoms with Gasteiger partial charge in [0, 0.05) is 0 Å². The minimum Gasteiger partial charge on any atom is -0.406 e. The Balaban J connectivity index is 1.66. The van der Waals surface area contributed by atoms with Gasteiger partial charge in [-0.3, -0.25) is 4.79 Å². The summed E-state index contributed by atoms with van der Waals surface area (Å²) in [6, 6.07) is 4.43. The van der Waals surface area contributed by atoms with Crippen molar-refractivity contribution in [2.75, 3.05) is 0 Å². The quantitative estimate of drug-likeness (QED) is 0.661. The number of nitrogens with zero attached hydrogens (tertiary/aromatic N) is 4. The molecular formula is C16H13F4N5O3. The van der Waals surface area contributed by atoms with Crippen LogP contribution in [-0.2, 0) is 11.3 Å². The van der Waals surface area contributed by atoms with Crippen molar-refractivity contribution in [3.8, 4) is 5.75 Å². The van der Waals surface area contributed by atoms with Crippen molar-refractivity contribution in [1.29, 1.82) is 0 Å². The minimum absolute atomic E-state index is 0.0625. The number of hydrogen-bond acceptors (Lipinski definition) is 5. The van der Waals surface area contributed by atoms with E-state index in [1.54, 1.807) is 6.92 Å². The molecule has 1 amide bonds. The number of rotatable bonds is 5.